The van der Waals surface area contributed by atoms with Crippen LogP contribution in [0.2, 0.25) is 0 Å². The highest BCUT2D eigenvalue weighted by atomic mass is 16.3. The van der Waals surface area contributed by atoms with Crippen molar-refractivity contribution in [3.05, 3.63) is 60.6 Å². The molecule has 0 unspecified atom stereocenters. The lowest BCUT2D eigenvalue weighted by Gasteiger charge is -2.17. The number of nitrogens with zero attached hydrogens (tertiary/aromatic N) is 4. The zero-order valence-electron chi connectivity index (χ0n) is 15.5. The zero-order valence-corrected chi connectivity index (χ0v) is 15.5. The van der Waals surface area contributed by atoms with Crippen molar-refractivity contribution in [1.29, 1.82) is 0 Å². The maximum absolute atomic E-state index is 10.3. The number of fused-ring (bicyclic) bond motifs is 3. The summed E-state index contributed by atoms with van der Waals surface area (Å²) in [6.45, 7) is 2.96. The van der Waals surface area contributed by atoms with E-state index in [9.17, 15) is 5.11 Å². The number of aromatic nitrogens is 3. The van der Waals surface area contributed by atoms with Gasteiger partial charge in [-0.25, -0.2) is 0 Å². The Morgan fingerprint density at radius 2 is 1.68 bits per heavy atom. The average Bonchev–Trinajstić information content (AvgIpc) is 3.23. The predicted molar refractivity (Wildman–Crippen MR) is 111 cm³/mol. The number of pyridine rings is 1. The molecule has 0 saturated carbocycles. The molecular weight excluding hydrogens is 350 g/mol. The van der Waals surface area contributed by atoms with Crippen LogP contribution in [0, 0.1) is 0 Å². The molecule has 140 valence electrons. The number of likely N-dealkylation sites (tertiary alicyclic amines) is 1. The van der Waals surface area contributed by atoms with Crippen LogP contribution in [0.25, 0.3) is 21.9 Å². The van der Waals surface area contributed by atoms with Crippen molar-refractivity contribution < 1.29 is 5.11 Å². The van der Waals surface area contributed by atoms with Gasteiger partial charge in [0.05, 0.1) is 22.1 Å². The Morgan fingerprint density at radius 1 is 0.893 bits per heavy atom. The van der Waals surface area contributed by atoms with E-state index in [1.54, 1.807) is 24.7 Å². The number of rotatable bonds is 4. The Hall–Kier alpha value is -3.25. The predicted octanol–water partition coefficient (Wildman–Crippen LogP) is 4.22. The summed E-state index contributed by atoms with van der Waals surface area (Å²) in [5, 5.41) is 14.7. The van der Waals surface area contributed by atoms with Crippen molar-refractivity contribution in [3.8, 4) is 5.75 Å². The van der Waals surface area contributed by atoms with Crippen LogP contribution in [0.1, 0.15) is 18.4 Å². The Kier molecular flexibility index (Phi) is 4.25. The van der Waals surface area contributed by atoms with E-state index >= 15 is 0 Å². The third-order valence-electron chi connectivity index (χ3n) is 5.29. The zero-order chi connectivity index (χ0) is 18.9. The lowest BCUT2D eigenvalue weighted by Crippen LogP contribution is -2.18. The molecule has 6 nitrogen and oxygen atoms in total. The van der Waals surface area contributed by atoms with E-state index in [4.69, 9.17) is 0 Å². The van der Waals surface area contributed by atoms with E-state index in [1.165, 1.54) is 12.8 Å². The van der Waals surface area contributed by atoms with E-state index in [1.807, 2.05) is 30.3 Å². The van der Waals surface area contributed by atoms with E-state index in [-0.39, 0.29) is 0 Å². The van der Waals surface area contributed by atoms with Crippen LogP contribution in [0.4, 0.5) is 11.4 Å². The molecule has 0 radical (unpaired) electrons. The smallest absolute Gasteiger partial charge is 0.120 e. The Morgan fingerprint density at radius 3 is 2.57 bits per heavy atom. The lowest BCUT2D eigenvalue weighted by molar-refractivity contribution is 0.324. The fourth-order valence-electron chi connectivity index (χ4n) is 3.91. The highest BCUT2D eigenvalue weighted by molar-refractivity contribution is 6.09. The quantitative estimate of drug-likeness (QED) is 0.413. The van der Waals surface area contributed by atoms with Gasteiger partial charge in [-0.3, -0.25) is 19.9 Å². The van der Waals surface area contributed by atoms with Gasteiger partial charge >= 0.3 is 0 Å². The van der Waals surface area contributed by atoms with Crippen molar-refractivity contribution in [2.24, 2.45) is 0 Å². The normalized spacial score (nSPS) is 14.7. The number of phenols is 1. The second-order valence-corrected chi connectivity index (χ2v) is 7.19. The minimum absolute atomic E-state index is 0.341. The molecule has 4 aromatic rings. The molecule has 6 heteroatoms. The molecule has 0 bridgehead atoms. The summed E-state index contributed by atoms with van der Waals surface area (Å²) in [4.78, 5) is 15.8. The molecule has 28 heavy (non-hydrogen) atoms. The number of hydrogen-bond acceptors (Lipinski definition) is 6. The minimum Gasteiger partial charge on any atom is -0.508 e. The molecule has 3 heterocycles. The van der Waals surface area contributed by atoms with Crippen molar-refractivity contribution >= 4 is 33.3 Å². The van der Waals surface area contributed by atoms with Crippen LogP contribution >= 0.6 is 0 Å². The van der Waals surface area contributed by atoms with Gasteiger partial charge < -0.3 is 10.4 Å². The topological polar surface area (TPSA) is 74.2 Å². The first kappa shape index (κ1) is 16.9. The third kappa shape index (κ3) is 3.12. The van der Waals surface area contributed by atoms with Crippen LogP contribution < -0.4 is 5.32 Å². The molecule has 2 N–H and O–H groups in total. The molecule has 1 saturated heterocycles. The summed E-state index contributed by atoms with van der Waals surface area (Å²) in [6.07, 6.45) is 7.65. The van der Waals surface area contributed by atoms with Crippen molar-refractivity contribution in [1.82, 2.24) is 19.9 Å². The van der Waals surface area contributed by atoms with Gasteiger partial charge in [0.15, 0.2) is 0 Å². The summed E-state index contributed by atoms with van der Waals surface area (Å²) >= 11 is 0. The maximum atomic E-state index is 10.3. The number of benzene rings is 2. The van der Waals surface area contributed by atoms with E-state index in [2.05, 4.69) is 25.2 Å². The summed E-state index contributed by atoms with van der Waals surface area (Å²) in [6, 6.07) is 11.5. The van der Waals surface area contributed by atoms with Crippen molar-refractivity contribution in [2.45, 2.75) is 19.4 Å². The molecule has 0 amide bonds. The highest BCUT2D eigenvalue weighted by Crippen LogP contribution is 2.32. The second-order valence-electron chi connectivity index (χ2n) is 7.19. The van der Waals surface area contributed by atoms with Crippen LogP contribution in [0.15, 0.2) is 55.0 Å². The summed E-state index contributed by atoms with van der Waals surface area (Å²) in [7, 11) is 0. The first-order valence-corrected chi connectivity index (χ1v) is 9.58. The Labute approximate surface area is 162 Å². The molecular formula is C22H21N5O. The molecule has 0 aliphatic carbocycles. The molecule has 2 aromatic heterocycles. The number of aromatic hydroxyl groups is 1. The SMILES string of the molecule is Oc1ccc(Nc2ccnc3ccc4nccnc4c23)cc1CN1CCCC1. The summed E-state index contributed by atoms with van der Waals surface area (Å²) in [5.41, 5.74) is 5.33. The third-order valence-corrected chi connectivity index (χ3v) is 5.29. The first-order chi connectivity index (χ1) is 13.8. The fraction of sp³-hybridized carbons (Fsp3) is 0.227. The molecule has 0 spiro atoms. The van der Waals surface area contributed by atoms with Gasteiger partial charge in [0, 0.05) is 36.4 Å². The van der Waals surface area contributed by atoms with Crippen LogP contribution in [0.5, 0.6) is 5.75 Å². The van der Waals surface area contributed by atoms with Crippen molar-refractivity contribution in [3.63, 3.8) is 0 Å². The van der Waals surface area contributed by atoms with Gasteiger partial charge in [0.2, 0.25) is 0 Å². The van der Waals surface area contributed by atoms with Crippen LogP contribution in [0.3, 0.4) is 0 Å². The van der Waals surface area contributed by atoms with E-state index in [0.29, 0.717) is 5.75 Å². The van der Waals surface area contributed by atoms with E-state index in [0.717, 1.165) is 58.5 Å². The largest absolute Gasteiger partial charge is 0.508 e. The van der Waals surface area contributed by atoms with Gasteiger partial charge in [-0.05, 0) is 62.3 Å². The molecule has 2 aromatic carbocycles. The van der Waals surface area contributed by atoms with Crippen LogP contribution in [-0.4, -0.2) is 38.0 Å². The average molecular weight is 371 g/mol. The first-order valence-electron chi connectivity index (χ1n) is 9.58. The van der Waals surface area contributed by atoms with Gasteiger partial charge in [-0.1, -0.05) is 0 Å². The Balaban J connectivity index is 1.54. The minimum atomic E-state index is 0.341. The van der Waals surface area contributed by atoms with Gasteiger partial charge in [0.1, 0.15) is 11.3 Å². The number of nitrogens with one attached hydrogen (secondary N) is 1. The second kappa shape index (κ2) is 7.05. The Bertz CT molecular complexity index is 1150. The molecule has 5 rings (SSSR count). The number of phenolic OH excluding ortho intramolecular Hbond substituents is 1. The van der Waals surface area contributed by atoms with Gasteiger partial charge in [0.25, 0.3) is 0 Å². The monoisotopic (exact) mass is 371 g/mol. The van der Waals surface area contributed by atoms with Crippen LogP contribution in [-0.2, 0) is 6.54 Å². The standard InChI is InChI=1S/C22H21N5O/c28-20-6-3-16(13-15(20)14-27-11-1-2-12-27)26-18-7-8-23-17-4-5-19-22(21(17)18)25-10-9-24-19/h3-10,13,28H,1-2,11-12,14H2,(H,23,26). The molecule has 1 fully saturated rings. The molecule has 1 aliphatic rings. The molecule has 0 atom stereocenters. The molecule has 1 aliphatic heterocycles. The fourth-order valence-corrected chi connectivity index (χ4v) is 3.91. The number of hydrogen-bond donors (Lipinski definition) is 2. The lowest BCUT2D eigenvalue weighted by atomic mass is 10.1. The summed E-state index contributed by atoms with van der Waals surface area (Å²) < 4.78 is 0. The van der Waals surface area contributed by atoms with E-state index < -0.39 is 0 Å². The number of anilines is 2. The maximum Gasteiger partial charge on any atom is 0.120 e. The highest BCUT2D eigenvalue weighted by Gasteiger charge is 2.15. The van der Waals surface area contributed by atoms with Gasteiger partial charge in [-0.2, -0.15) is 0 Å². The summed E-state index contributed by atoms with van der Waals surface area (Å²) in [5.74, 6) is 0.341. The van der Waals surface area contributed by atoms with Gasteiger partial charge in [-0.15, -0.1) is 0 Å². The van der Waals surface area contributed by atoms with Crippen molar-refractivity contribution in [2.75, 3.05) is 18.4 Å².